The van der Waals surface area contributed by atoms with Gasteiger partial charge in [0.25, 0.3) is 5.91 Å². The van der Waals surface area contributed by atoms with Gasteiger partial charge in [-0.3, -0.25) is 4.79 Å². The van der Waals surface area contributed by atoms with Gasteiger partial charge >= 0.3 is 5.97 Å². The predicted octanol–water partition coefficient (Wildman–Crippen LogP) is 1.86. The summed E-state index contributed by atoms with van der Waals surface area (Å²) in [6.07, 6.45) is 3.77. The molecule has 1 aromatic carbocycles. The standard InChI is InChI=1S/C15H17N3O3/c1-3-15(2,14(20)21)17-13(19)11-5-7-12(8-6-11)18-10-4-9-16-18/h4-10H,3H2,1-2H3,(H,17,19)(H,20,21). The van der Waals surface area contributed by atoms with Crippen LogP contribution in [0, 0.1) is 0 Å². The number of aromatic nitrogens is 2. The van der Waals surface area contributed by atoms with E-state index in [1.54, 1.807) is 54.3 Å². The van der Waals surface area contributed by atoms with Crippen LogP contribution < -0.4 is 5.32 Å². The maximum Gasteiger partial charge on any atom is 0.329 e. The number of nitrogens with zero attached hydrogens (tertiary/aromatic N) is 2. The van der Waals surface area contributed by atoms with Crippen molar-refractivity contribution in [2.24, 2.45) is 0 Å². The largest absolute Gasteiger partial charge is 0.480 e. The number of carbonyl (C=O) groups is 2. The summed E-state index contributed by atoms with van der Waals surface area (Å²) in [6, 6.07) is 8.60. The number of carbonyl (C=O) groups excluding carboxylic acids is 1. The summed E-state index contributed by atoms with van der Waals surface area (Å²) >= 11 is 0. The fourth-order valence-corrected chi connectivity index (χ4v) is 1.80. The van der Waals surface area contributed by atoms with Crippen LogP contribution in [-0.2, 0) is 4.79 Å². The Morgan fingerprint density at radius 3 is 2.48 bits per heavy atom. The van der Waals surface area contributed by atoms with Crippen LogP contribution in [-0.4, -0.2) is 32.3 Å². The number of rotatable bonds is 5. The van der Waals surface area contributed by atoms with Gasteiger partial charge in [-0.15, -0.1) is 0 Å². The van der Waals surface area contributed by atoms with E-state index >= 15 is 0 Å². The zero-order valence-corrected chi connectivity index (χ0v) is 11.9. The first-order valence-corrected chi connectivity index (χ1v) is 6.62. The Kier molecular flexibility index (Phi) is 4.07. The van der Waals surface area contributed by atoms with Crippen molar-refractivity contribution in [3.8, 4) is 5.69 Å². The van der Waals surface area contributed by atoms with E-state index in [0.717, 1.165) is 5.69 Å². The lowest BCUT2D eigenvalue weighted by Crippen LogP contribution is -2.51. The highest BCUT2D eigenvalue weighted by Crippen LogP contribution is 2.13. The molecule has 0 aliphatic rings. The van der Waals surface area contributed by atoms with Gasteiger partial charge in [-0.1, -0.05) is 6.92 Å². The van der Waals surface area contributed by atoms with Gasteiger partial charge in [-0.05, 0) is 43.7 Å². The molecule has 0 saturated heterocycles. The molecule has 21 heavy (non-hydrogen) atoms. The first kappa shape index (κ1) is 14.8. The third kappa shape index (κ3) is 3.10. The summed E-state index contributed by atoms with van der Waals surface area (Å²) in [4.78, 5) is 23.3. The summed E-state index contributed by atoms with van der Waals surface area (Å²) in [5, 5.41) is 15.8. The van der Waals surface area contributed by atoms with E-state index in [2.05, 4.69) is 10.4 Å². The maximum absolute atomic E-state index is 12.1. The minimum absolute atomic E-state index is 0.305. The highest BCUT2D eigenvalue weighted by molar-refractivity contribution is 5.97. The Bertz CT molecular complexity index is 635. The lowest BCUT2D eigenvalue weighted by molar-refractivity contribution is -0.143. The van der Waals surface area contributed by atoms with E-state index in [9.17, 15) is 14.7 Å². The lowest BCUT2D eigenvalue weighted by atomic mass is 9.98. The van der Waals surface area contributed by atoms with Crippen molar-refractivity contribution in [1.29, 1.82) is 0 Å². The number of hydrogen-bond donors (Lipinski definition) is 2. The number of nitrogens with one attached hydrogen (secondary N) is 1. The Balaban J connectivity index is 2.15. The van der Waals surface area contributed by atoms with Gasteiger partial charge in [-0.25, -0.2) is 9.48 Å². The molecule has 0 bridgehead atoms. The van der Waals surface area contributed by atoms with E-state index in [-0.39, 0.29) is 0 Å². The van der Waals surface area contributed by atoms with E-state index in [0.29, 0.717) is 12.0 Å². The van der Waals surface area contributed by atoms with Crippen molar-refractivity contribution >= 4 is 11.9 Å². The fourth-order valence-electron chi connectivity index (χ4n) is 1.80. The molecule has 110 valence electrons. The molecule has 2 N–H and O–H groups in total. The molecule has 1 unspecified atom stereocenters. The van der Waals surface area contributed by atoms with Crippen LogP contribution in [0.1, 0.15) is 30.6 Å². The Labute approximate surface area is 122 Å². The van der Waals surface area contributed by atoms with Crippen LogP contribution in [0.25, 0.3) is 5.69 Å². The molecule has 0 radical (unpaired) electrons. The van der Waals surface area contributed by atoms with Gasteiger partial charge in [0.2, 0.25) is 0 Å². The zero-order valence-electron chi connectivity index (χ0n) is 11.9. The van der Waals surface area contributed by atoms with Gasteiger partial charge in [0, 0.05) is 18.0 Å². The first-order valence-electron chi connectivity index (χ1n) is 6.62. The van der Waals surface area contributed by atoms with E-state index in [4.69, 9.17) is 0 Å². The molecular formula is C15H17N3O3. The van der Waals surface area contributed by atoms with Gasteiger partial charge in [0.15, 0.2) is 0 Å². The molecule has 0 aliphatic heterocycles. The Morgan fingerprint density at radius 1 is 1.33 bits per heavy atom. The third-order valence-electron chi connectivity index (χ3n) is 3.47. The minimum Gasteiger partial charge on any atom is -0.480 e. The van der Waals surface area contributed by atoms with E-state index in [1.807, 2.05) is 0 Å². The van der Waals surface area contributed by atoms with E-state index < -0.39 is 17.4 Å². The van der Waals surface area contributed by atoms with Crippen molar-refractivity contribution in [2.75, 3.05) is 0 Å². The second kappa shape index (κ2) is 5.78. The molecule has 1 heterocycles. The summed E-state index contributed by atoms with van der Waals surface area (Å²) in [5.74, 6) is -1.46. The van der Waals surface area contributed by atoms with E-state index in [1.165, 1.54) is 6.92 Å². The number of carboxylic acid groups (broad SMARTS) is 1. The second-order valence-electron chi connectivity index (χ2n) is 4.94. The smallest absolute Gasteiger partial charge is 0.329 e. The summed E-state index contributed by atoms with van der Waals surface area (Å²) in [5.41, 5.74) is -0.0301. The molecule has 6 heteroatoms. The molecule has 1 aromatic heterocycles. The number of hydrogen-bond acceptors (Lipinski definition) is 3. The molecule has 2 rings (SSSR count). The molecule has 0 aliphatic carbocycles. The molecule has 0 fully saturated rings. The summed E-state index contributed by atoms with van der Waals surface area (Å²) in [6.45, 7) is 3.21. The molecule has 0 saturated carbocycles. The molecule has 6 nitrogen and oxygen atoms in total. The molecular weight excluding hydrogens is 270 g/mol. The van der Waals surface area contributed by atoms with Gasteiger partial charge < -0.3 is 10.4 Å². The minimum atomic E-state index is -1.27. The topological polar surface area (TPSA) is 84.2 Å². The SMILES string of the molecule is CCC(C)(NC(=O)c1ccc(-n2cccn2)cc1)C(=O)O. The quantitative estimate of drug-likeness (QED) is 0.879. The zero-order chi connectivity index (χ0) is 15.5. The van der Waals surface area contributed by atoms with Crippen LogP contribution in [0.2, 0.25) is 0 Å². The lowest BCUT2D eigenvalue weighted by Gasteiger charge is -2.24. The number of benzene rings is 1. The van der Waals surface area contributed by atoms with Gasteiger partial charge in [-0.2, -0.15) is 5.10 Å². The van der Waals surface area contributed by atoms with Crippen molar-refractivity contribution in [3.63, 3.8) is 0 Å². The normalized spacial score (nSPS) is 13.4. The monoisotopic (exact) mass is 287 g/mol. The third-order valence-corrected chi connectivity index (χ3v) is 3.47. The number of aliphatic carboxylic acids is 1. The average molecular weight is 287 g/mol. The average Bonchev–Trinajstić information content (AvgIpc) is 3.01. The molecule has 0 spiro atoms. The highest BCUT2D eigenvalue weighted by atomic mass is 16.4. The fraction of sp³-hybridized carbons (Fsp3) is 0.267. The van der Waals surface area contributed by atoms with Crippen molar-refractivity contribution < 1.29 is 14.7 Å². The van der Waals surface area contributed by atoms with Crippen LogP contribution in [0.4, 0.5) is 0 Å². The highest BCUT2D eigenvalue weighted by Gasteiger charge is 2.32. The van der Waals surface area contributed by atoms with Crippen LogP contribution in [0.5, 0.6) is 0 Å². The second-order valence-corrected chi connectivity index (χ2v) is 4.94. The maximum atomic E-state index is 12.1. The Hall–Kier alpha value is -2.63. The number of amides is 1. The first-order chi connectivity index (χ1) is 9.96. The van der Waals surface area contributed by atoms with Gasteiger partial charge in [0.1, 0.15) is 5.54 Å². The van der Waals surface area contributed by atoms with Crippen LogP contribution in [0.15, 0.2) is 42.7 Å². The summed E-state index contributed by atoms with van der Waals surface area (Å²) < 4.78 is 1.68. The van der Waals surface area contributed by atoms with Crippen LogP contribution >= 0.6 is 0 Å². The molecule has 2 aromatic rings. The Morgan fingerprint density at radius 2 is 2.00 bits per heavy atom. The van der Waals surface area contributed by atoms with Crippen molar-refractivity contribution in [1.82, 2.24) is 15.1 Å². The summed E-state index contributed by atoms with van der Waals surface area (Å²) in [7, 11) is 0. The van der Waals surface area contributed by atoms with Crippen molar-refractivity contribution in [3.05, 3.63) is 48.3 Å². The van der Waals surface area contributed by atoms with Crippen LogP contribution in [0.3, 0.4) is 0 Å². The van der Waals surface area contributed by atoms with Crippen molar-refractivity contribution in [2.45, 2.75) is 25.8 Å². The van der Waals surface area contributed by atoms with Gasteiger partial charge in [0.05, 0.1) is 5.69 Å². The molecule has 1 atom stereocenters. The number of carboxylic acids is 1. The molecule has 1 amide bonds. The predicted molar refractivity (Wildman–Crippen MR) is 77.4 cm³/mol.